The van der Waals surface area contributed by atoms with Crippen LogP contribution in [0.15, 0.2) is 16.5 Å². The molecule has 0 amide bonds. The van der Waals surface area contributed by atoms with Crippen LogP contribution in [0.2, 0.25) is 0 Å². The van der Waals surface area contributed by atoms with Gasteiger partial charge in [0.05, 0.1) is 6.54 Å². The molecule has 0 aliphatic rings. The van der Waals surface area contributed by atoms with Gasteiger partial charge in [-0.2, -0.15) is 4.39 Å². The minimum absolute atomic E-state index is 0.0229. The van der Waals surface area contributed by atoms with Crippen LogP contribution in [0.1, 0.15) is 25.2 Å². The van der Waals surface area contributed by atoms with Gasteiger partial charge in [0.1, 0.15) is 5.76 Å². The van der Waals surface area contributed by atoms with Crippen LogP contribution in [0.25, 0.3) is 11.0 Å². The second-order valence-electron chi connectivity index (χ2n) is 3.88. The Morgan fingerprint density at radius 3 is 2.65 bits per heavy atom. The molecular weight excluding hydrogens is 224 g/mol. The first-order chi connectivity index (χ1) is 8.19. The highest BCUT2D eigenvalue weighted by Gasteiger charge is 2.17. The van der Waals surface area contributed by atoms with E-state index in [-0.39, 0.29) is 5.58 Å². The first-order valence-corrected chi connectivity index (χ1v) is 5.78. The highest BCUT2D eigenvalue weighted by atomic mass is 19.2. The van der Waals surface area contributed by atoms with Crippen molar-refractivity contribution in [3.05, 3.63) is 35.1 Å². The number of aryl methyl sites for hydroxylation is 1. The summed E-state index contributed by atoms with van der Waals surface area (Å²) in [6.07, 6.45) is 0.735. The van der Waals surface area contributed by atoms with E-state index in [4.69, 9.17) is 4.42 Å². The second-order valence-corrected chi connectivity index (χ2v) is 3.88. The lowest BCUT2D eigenvalue weighted by molar-refractivity contribution is 0.468. The highest BCUT2D eigenvalue weighted by molar-refractivity contribution is 5.82. The van der Waals surface area contributed by atoms with Crippen molar-refractivity contribution in [2.45, 2.75) is 26.8 Å². The van der Waals surface area contributed by atoms with Crippen LogP contribution in [0.3, 0.4) is 0 Å². The zero-order chi connectivity index (χ0) is 12.4. The van der Waals surface area contributed by atoms with Crippen LogP contribution < -0.4 is 5.32 Å². The minimum Gasteiger partial charge on any atom is -0.456 e. The van der Waals surface area contributed by atoms with Gasteiger partial charge in [-0.1, -0.05) is 13.8 Å². The molecule has 92 valence electrons. The van der Waals surface area contributed by atoms with Crippen molar-refractivity contribution in [1.82, 2.24) is 5.32 Å². The monoisotopic (exact) mass is 239 g/mol. The molecule has 0 unspecified atom stereocenters. The summed E-state index contributed by atoms with van der Waals surface area (Å²) in [7, 11) is 0. The molecule has 2 nitrogen and oxygen atoms in total. The Kier molecular flexibility index (Phi) is 3.43. The fraction of sp³-hybridized carbons (Fsp3) is 0.385. The van der Waals surface area contributed by atoms with Gasteiger partial charge in [-0.25, -0.2) is 4.39 Å². The molecule has 0 radical (unpaired) electrons. The van der Waals surface area contributed by atoms with Crippen molar-refractivity contribution in [1.29, 1.82) is 0 Å². The SMILES string of the molecule is CCNCc1oc2c(F)c(F)ccc2c1CC. The van der Waals surface area contributed by atoms with Gasteiger partial charge in [-0.15, -0.1) is 0 Å². The van der Waals surface area contributed by atoms with Crippen LogP contribution in [0.5, 0.6) is 0 Å². The maximum Gasteiger partial charge on any atom is 0.201 e. The zero-order valence-electron chi connectivity index (χ0n) is 9.94. The molecule has 17 heavy (non-hydrogen) atoms. The van der Waals surface area contributed by atoms with E-state index >= 15 is 0 Å². The van der Waals surface area contributed by atoms with Crippen LogP contribution >= 0.6 is 0 Å². The third-order valence-electron chi connectivity index (χ3n) is 2.83. The predicted octanol–water partition coefficient (Wildman–Crippen LogP) is 3.38. The Hall–Kier alpha value is -1.42. The van der Waals surface area contributed by atoms with Gasteiger partial charge in [0.2, 0.25) is 5.82 Å². The van der Waals surface area contributed by atoms with Crippen molar-refractivity contribution in [3.63, 3.8) is 0 Å². The van der Waals surface area contributed by atoms with Crippen LogP contribution in [-0.2, 0) is 13.0 Å². The molecule has 0 saturated carbocycles. The molecule has 1 aromatic heterocycles. The normalized spacial score (nSPS) is 11.3. The molecule has 0 atom stereocenters. The summed E-state index contributed by atoms with van der Waals surface area (Å²) in [6.45, 7) is 5.29. The van der Waals surface area contributed by atoms with Crippen molar-refractivity contribution in [3.8, 4) is 0 Å². The first kappa shape index (κ1) is 12.0. The fourth-order valence-corrected chi connectivity index (χ4v) is 1.97. The summed E-state index contributed by atoms with van der Waals surface area (Å²) in [5.41, 5.74) is 0.967. The first-order valence-electron chi connectivity index (χ1n) is 5.78. The van der Waals surface area contributed by atoms with Crippen molar-refractivity contribution in [2.75, 3.05) is 6.54 Å². The number of hydrogen-bond acceptors (Lipinski definition) is 2. The van der Waals surface area contributed by atoms with Crippen LogP contribution in [0.4, 0.5) is 8.78 Å². The molecule has 0 bridgehead atoms. The molecule has 0 saturated heterocycles. The summed E-state index contributed by atoms with van der Waals surface area (Å²) in [6, 6.07) is 2.72. The molecule has 0 aliphatic heterocycles. The maximum absolute atomic E-state index is 13.6. The van der Waals surface area contributed by atoms with Crippen molar-refractivity contribution in [2.24, 2.45) is 0 Å². The molecular formula is C13H15F2NO. The third-order valence-corrected chi connectivity index (χ3v) is 2.83. The number of furan rings is 1. The number of rotatable bonds is 4. The number of halogens is 2. The van der Waals surface area contributed by atoms with Crippen molar-refractivity contribution < 1.29 is 13.2 Å². The van der Waals surface area contributed by atoms with Gasteiger partial charge >= 0.3 is 0 Å². The molecule has 4 heteroatoms. The zero-order valence-corrected chi connectivity index (χ0v) is 9.94. The lowest BCUT2D eigenvalue weighted by Gasteiger charge is -2.00. The number of nitrogens with one attached hydrogen (secondary N) is 1. The standard InChI is InChI=1S/C13H15F2NO/c1-3-8-9-5-6-10(14)12(15)13(9)17-11(8)7-16-4-2/h5-6,16H,3-4,7H2,1-2H3. The summed E-state index contributed by atoms with van der Waals surface area (Å²) in [4.78, 5) is 0. The number of fused-ring (bicyclic) bond motifs is 1. The predicted molar refractivity (Wildman–Crippen MR) is 62.9 cm³/mol. The van der Waals surface area contributed by atoms with E-state index in [0.29, 0.717) is 17.7 Å². The Bertz CT molecular complexity index is 534. The lowest BCUT2D eigenvalue weighted by Crippen LogP contribution is -2.12. The molecule has 2 rings (SSSR count). The van der Waals surface area contributed by atoms with E-state index in [1.807, 2.05) is 13.8 Å². The highest BCUT2D eigenvalue weighted by Crippen LogP contribution is 2.29. The van der Waals surface area contributed by atoms with E-state index in [1.54, 1.807) is 6.07 Å². The molecule has 1 heterocycles. The number of hydrogen-bond donors (Lipinski definition) is 1. The van der Waals surface area contributed by atoms with E-state index < -0.39 is 11.6 Å². The largest absolute Gasteiger partial charge is 0.456 e. The van der Waals surface area contributed by atoms with Crippen LogP contribution in [0, 0.1) is 11.6 Å². The topological polar surface area (TPSA) is 25.2 Å². The van der Waals surface area contributed by atoms with E-state index in [9.17, 15) is 8.78 Å². The van der Waals surface area contributed by atoms with E-state index in [1.165, 1.54) is 0 Å². The second kappa shape index (κ2) is 4.84. The quantitative estimate of drug-likeness (QED) is 0.884. The molecule has 0 spiro atoms. The molecule has 0 fully saturated rings. The fourth-order valence-electron chi connectivity index (χ4n) is 1.97. The van der Waals surface area contributed by atoms with Gasteiger partial charge in [0.25, 0.3) is 0 Å². The molecule has 1 aromatic carbocycles. The van der Waals surface area contributed by atoms with E-state index in [0.717, 1.165) is 24.6 Å². The van der Waals surface area contributed by atoms with Crippen LogP contribution in [-0.4, -0.2) is 6.54 Å². The average molecular weight is 239 g/mol. The Labute approximate surface area is 98.6 Å². The number of benzene rings is 1. The smallest absolute Gasteiger partial charge is 0.201 e. The van der Waals surface area contributed by atoms with Gasteiger partial charge in [-0.05, 0) is 25.1 Å². The Morgan fingerprint density at radius 2 is 2.00 bits per heavy atom. The molecule has 1 N–H and O–H groups in total. The third kappa shape index (κ3) is 2.05. The summed E-state index contributed by atoms with van der Waals surface area (Å²) in [5.74, 6) is -1.09. The molecule has 0 aliphatic carbocycles. The van der Waals surface area contributed by atoms with Gasteiger partial charge < -0.3 is 9.73 Å². The summed E-state index contributed by atoms with van der Waals surface area (Å²) >= 11 is 0. The molecule has 2 aromatic rings. The van der Waals surface area contributed by atoms with E-state index in [2.05, 4.69) is 5.32 Å². The maximum atomic E-state index is 13.6. The Morgan fingerprint density at radius 1 is 1.24 bits per heavy atom. The Balaban J connectivity index is 2.57. The summed E-state index contributed by atoms with van der Waals surface area (Å²) < 4.78 is 32.1. The summed E-state index contributed by atoms with van der Waals surface area (Å²) in [5, 5.41) is 3.79. The van der Waals surface area contributed by atoms with Crippen molar-refractivity contribution >= 4 is 11.0 Å². The van der Waals surface area contributed by atoms with Gasteiger partial charge in [-0.3, -0.25) is 0 Å². The van der Waals surface area contributed by atoms with Gasteiger partial charge in [0.15, 0.2) is 11.4 Å². The lowest BCUT2D eigenvalue weighted by atomic mass is 10.1. The average Bonchev–Trinajstić information content (AvgIpc) is 2.69. The minimum atomic E-state index is -0.903. The van der Waals surface area contributed by atoms with Gasteiger partial charge in [0, 0.05) is 10.9 Å².